The van der Waals surface area contributed by atoms with Crippen LogP contribution in [0, 0.1) is 0 Å². The van der Waals surface area contributed by atoms with Gasteiger partial charge >= 0.3 is 0 Å². The van der Waals surface area contributed by atoms with Crippen molar-refractivity contribution in [1.82, 2.24) is 20.1 Å². The van der Waals surface area contributed by atoms with Gasteiger partial charge in [-0.15, -0.1) is 0 Å². The number of para-hydroxylation sites is 1. The van der Waals surface area contributed by atoms with Crippen LogP contribution in [0.15, 0.2) is 73.1 Å². The van der Waals surface area contributed by atoms with Crippen LogP contribution < -0.4 is 5.32 Å². The van der Waals surface area contributed by atoms with Gasteiger partial charge in [0.25, 0.3) is 5.91 Å². The van der Waals surface area contributed by atoms with Gasteiger partial charge in [-0.2, -0.15) is 5.10 Å². The quantitative estimate of drug-likeness (QED) is 0.558. The first-order valence-corrected chi connectivity index (χ1v) is 8.50. The molecule has 26 heavy (non-hydrogen) atoms. The summed E-state index contributed by atoms with van der Waals surface area (Å²) < 4.78 is 1.78. The zero-order valence-electron chi connectivity index (χ0n) is 13.8. The largest absolute Gasteiger partial charge is 0.348 e. The van der Waals surface area contributed by atoms with Crippen molar-refractivity contribution in [3.63, 3.8) is 0 Å². The zero-order valence-corrected chi connectivity index (χ0v) is 14.5. The van der Waals surface area contributed by atoms with Gasteiger partial charge < -0.3 is 5.32 Å². The van der Waals surface area contributed by atoms with E-state index in [4.69, 9.17) is 11.6 Å². The minimum atomic E-state index is -0.144. The van der Waals surface area contributed by atoms with Crippen LogP contribution in [-0.2, 0) is 6.54 Å². The van der Waals surface area contributed by atoms with Crippen molar-refractivity contribution >= 4 is 28.4 Å². The third-order valence-electron chi connectivity index (χ3n) is 4.03. The van der Waals surface area contributed by atoms with Crippen molar-refractivity contribution in [2.45, 2.75) is 6.54 Å². The Balaban J connectivity index is 1.46. The molecule has 0 aliphatic rings. The second-order valence-electron chi connectivity index (χ2n) is 5.85. The number of hydrogen-bond acceptors (Lipinski definition) is 3. The minimum Gasteiger partial charge on any atom is -0.348 e. The Bertz CT molecular complexity index is 1080. The normalized spacial score (nSPS) is 10.8. The van der Waals surface area contributed by atoms with Gasteiger partial charge in [0, 0.05) is 29.3 Å². The molecule has 4 aromatic rings. The summed E-state index contributed by atoms with van der Waals surface area (Å²) in [5.74, 6) is -0.144. The number of amides is 1. The number of fused-ring (bicyclic) bond motifs is 1. The van der Waals surface area contributed by atoms with Crippen molar-refractivity contribution in [2.24, 2.45) is 0 Å². The summed E-state index contributed by atoms with van der Waals surface area (Å²) in [6, 6.07) is 18.7. The van der Waals surface area contributed by atoms with Crippen molar-refractivity contribution in [3.05, 3.63) is 89.3 Å². The average Bonchev–Trinajstić information content (AvgIpc) is 3.15. The van der Waals surface area contributed by atoms with Crippen LogP contribution in [0.25, 0.3) is 16.6 Å². The Kier molecular flexibility index (Phi) is 4.37. The van der Waals surface area contributed by atoms with Crippen molar-refractivity contribution < 1.29 is 4.79 Å². The number of aromatic nitrogens is 3. The van der Waals surface area contributed by atoms with Gasteiger partial charge in [-0.1, -0.05) is 29.8 Å². The van der Waals surface area contributed by atoms with Crippen LogP contribution in [0.1, 0.15) is 15.9 Å². The van der Waals surface area contributed by atoms with E-state index in [2.05, 4.69) is 15.4 Å². The number of halogens is 1. The van der Waals surface area contributed by atoms with Crippen LogP contribution in [0.5, 0.6) is 0 Å². The Hall–Kier alpha value is -3.18. The summed E-state index contributed by atoms with van der Waals surface area (Å²) in [7, 11) is 0. The number of benzene rings is 2. The molecule has 5 nitrogen and oxygen atoms in total. The number of carbonyl (C=O) groups excluding carboxylic acids is 1. The van der Waals surface area contributed by atoms with Crippen LogP contribution in [-0.4, -0.2) is 20.7 Å². The summed E-state index contributed by atoms with van der Waals surface area (Å²) in [5, 5.41) is 8.56. The van der Waals surface area contributed by atoms with Crippen LogP contribution in [0.3, 0.4) is 0 Å². The predicted molar refractivity (Wildman–Crippen MR) is 101 cm³/mol. The molecule has 0 radical (unpaired) electrons. The molecule has 1 N–H and O–H groups in total. The first-order chi connectivity index (χ1) is 12.7. The molecule has 128 valence electrons. The lowest BCUT2D eigenvalue weighted by Crippen LogP contribution is -2.22. The number of rotatable bonds is 4. The Morgan fingerprint density at radius 1 is 1.08 bits per heavy atom. The molecule has 6 heteroatoms. The highest BCUT2D eigenvalue weighted by Crippen LogP contribution is 2.17. The van der Waals surface area contributed by atoms with Gasteiger partial charge in [-0.3, -0.25) is 4.79 Å². The molecule has 2 aromatic carbocycles. The molecule has 0 aliphatic heterocycles. The molecular weight excluding hydrogens is 348 g/mol. The summed E-state index contributed by atoms with van der Waals surface area (Å²) in [6.45, 7) is 0.405. The summed E-state index contributed by atoms with van der Waals surface area (Å²) in [6.07, 6.45) is 3.65. The lowest BCUT2D eigenvalue weighted by molar-refractivity contribution is 0.0951. The van der Waals surface area contributed by atoms with Crippen LogP contribution >= 0.6 is 11.6 Å². The van der Waals surface area contributed by atoms with Gasteiger partial charge in [0.1, 0.15) is 5.15 Å². The molecule has 2 aromatic heterocycles. The highest BCUT2D eigenvalue weighted by Gasteiger charge is 2.08. The average molecular weight is 363 g/mol. The molecular formula is C20H15ClN4O. The topological polar surface area (TPSA) is 59.8 Å². The molecule has 0 spiro atoms. The smallest absolute Gasteiger partial charge is 0.251 e. The molecule has 4 rings (SSSR count). The predicted octanol–water partition coefficient (Wildman–Crippen LogP) is 4.00. The third kappa shape index (κ3) is 3.43. The highest BCUT2D eigenvalue weighted by molar-refractivity contribution is 6.29. The number of carbonyl (C=O) groups is 1. The molecule has 2 heterocycles. The second-order valence-corrected chi connectivity index (χ2v) is 6.24. The lowest BCUT2D eigenvalue weighted by atomic mass is 10.1. The summed E-state index contributed by atoms with van der Waals surface area (Å²) in [4.78, 5) is 16.6. The van der Waals surface area contributed by atoms with Gasteiger partial charge in [-0.05, 0) is 42.5 Å². The maximum atomic E-state index is 12.4. The fraction of sp³-hybridized carbons (Fsp3) is 0.0500. The Morgan fingerprint density at radius 2 is 1.92 bits per heavy atom. The number of nitrogens with one attached hydrogen (secondary N) is 1. The molecule has 0 bridgehead atoms. The number of pyridine rings is 1. The SMILES string of the molecule is O=C(NCc1cnn(-c2ccccc2)c1)c1ccc2nc(Cl)ccc2c1. The monoisotopic (exact) mass is 362 g/mol. The molecule has 0 unspecified atom stereocenters. The summed E-state index contributed by atoms with van der Waals surface area (Å²) >= 11 is 5.89. The fourth-order valence-electron chi connectivity index (χ4n) is 2.70. The second kappa shape index (κ2) is 6.98. The Morgan fingerprint density at radius 3 is 2.77 bits per heavy atom. The van der Waals surface area contributed by atoms with Gasteiger partial charge in [0.2, 0.25) is 0 Å². The van der Waals surface area contributed by atoms with Crippen LogP contribution in [0.4, 0.5) is 0 Å². The first kappa shape index (κ1) is 16.3. The van der Waals surface area contributed by atoms with E-state index >= 15 is 0 Å². The lowest BCUT2D eigenvalue weighted by Gasteiger charge is -2.05. The van der Waals surface area contributed by atoms with E-state index in [1.807, 2.05) is 42.6 Å². The van der Waals surface area contributed by atoms with Crippen molar-refractivity contribution in [3.8, 4) is 5.69 Å². The number of hydrogen-bond donors (Lipinski definition) is 1. The maximum absolute atomic E-state index is 12.4. The van der Waals surface area contributed by atoms with Gasteiger partial charge in [0.15, 0.2) is 0 Å². The van der Waals surface area contributed by atoms with E-state index in [0.29, 0.717) is 17.3 Å². The Labute approximate surface area is 155 Å². The van der Waals surface area contributed by atoms with Crippen molar-refractivity contribution in [1.29, 1.82) is 0 Å². The highest BCUT2D eigenvalue weighted by atomic mass is 35.5. The molecule has 0 saturated heterocycles. The fourth-order valence-corrected chi connectivity index (χ4v) is 2.85. The van der Waals surface area contributed by atoms with Crippen molar-refractivity contribution in [2.75, 3.05) is 0 Å². The van der Waals surface area contributed by atoms with E-state index in [1.165, 1.54) is 0 Å². The standard InChI is InChI=1S/C20H15ClN4O/c21-19-9-7-15-10-16(6-8-18(15)24-19)20(26)22-11-14-12-23-25(13-14)17-4-2-1-3-5-17/h1-10,12-13H,11H2,(H,22,26). The van der Waals surface area contributed by atoms with Gasteiger partial charge in [-0.25, -0.2) is 9.67 Å². The van der Waals surface area contributed by atoms with E-state index in [0.717, 1.165) is 22.2 Å². The molecule has 0 atom stereocenters. The minimum absolute atomic E-state index is 0.144. The first-order valence-electron chi connectivity index (χ1n) is 8.12. The third-order valence-corrected chi connectivity index (χ3v) is 4.24. The van der Waals surface area contributed by atoms with Gasteiger partial charge in [0.05, 0.1) is 17.4 Å². The van der Waals surface area contributed by atoms with Crippen LogP contribution in [0.2, 0.25) is 5.15 Å². The summed E-state index contributed by atoms with van der Waals surface area (Å²) in [5.41, 5.74) is 3.25. The zero-order chi connectivity index (χ0) is 17.9. The van der Waals surface area contributed by atoms with E-state index in [-0.39, 0.29) is 5.91 Å². The van der Waals surface area contributed by atoms with E-state index in [9.17, 15) is 4.79 Å². The molecule has 1 amide bonds. The molecule has 0 saturated carbocycles. The molecule has 0 fully saturated rings. The van der Waals surface area contributed by atoms with E-state index < -0.39 is 0 Å². The number of nitrogens with zero attached hydrogens (tertiary/aromatic N) is 3. The van der Waals surface area contributed by atoms with E-state index in [1.54, 1.807) is 35.1 Å². The maximum Gasteiger partial charge on any atom is 0.251 e. The molecule has 0 aliphatic carbocycles.